The normalized spacial score (nSPS) is 25.9. The van der Waals surface area contributed by atoms with Crippen molar-refractivity contribution in [3.63, 3.8) is 0 Å². The molecule has 1 aromatic rings. The lowest BCUT2D eigenvalue weighted by Crippen LogP contribution is -2.58. The minimum absolute atomic E-state index is 0.0557. The third kappa shape index (κ3) is 8.10. The Morgan fingerprint density at radius 3 is 2.05 bits per heavy atom. The predicted octanol–water partition coefficient (Wildman–Crippen LogP) is 7.53. The molecule has 0 aliphatic heterocycles. The van der Waals surface area contributed by atoms with Crippen LogP contribution in [-0.2, 0) is 24.9 Å². The summed E-state index contributed by atoms with van der Waals surface area (Å²) in [4.78, 5) is 0. The van der Waals surface area contributed by atoms with Gasteiger partial charge in [0.1, 0.15) is 6.79 Å². The maximum Gasteiger partial charge on any atom is 0.192 e. The summed E-state index contributed by atoms with van der Waals surface area (Å²) in [5, 5.41) is 11.3. The van der Waals surface area contributed by atoms with Gasteiger partial charge in [0.05, 0.1) is 25.4 Å². The molecule has 1 aromatic carbocycles. The molecule has 37 heavy (non-hydrogen) atoms. The Hall–Kier alpha value is -0.806. The van der Waals surface area contributed by atoms with Gasteiger partial charge in [-0.25, -0.2) is 0 Å². The van der Waals surface area contributed by atoms with E-state index in [1.165, 1.54) is 0 Å². The minimum atomic E-state index is -2.11. The van der Waals surface area contributed by atoms with Crippen LogP contribution >= 0.6 is 0 Å². The van der Waals surface area contributed by atoms with Crippen molar-refractivity contribution in [1.29, 1.82) is 0 Å². The van der Waals surface area contributed by atoms with Gasteiger partial charge < -0.3 is 23.4 Å². The zero-order valence-electron chi connectivity index (χ0n) is 25.4. The molecule has 0 spiro atoms. The summed E-state index contributed by atoms with van der Waals surface area (Å²) >= 11 is 0. The lowest BCUT2D eigenvalue weighted by molar-refractivity contribution is -0.139. The van der Waals surface area contributed by atoms with E-state index in [1.54, 1.807) is 0 Å². The number of ether oxygens (including phenoxy) is 2. The fourth-order valence-corrected chi connectivity index (χ4v) is 6.72. The van der Waals surface area contributed by atoms with Crippen LogP contribution in [0.4, 0.5) is 0 Å². The summed E-state index contributed by atoms with van der Waals surface area (Å²) in [6, 6.07) is 10.1. The lowest BCUT2D eigenvalue weighted by Gasteiger charge is -2.53. The van der Waals surface area contributed by atoms with E-state index in [0.29, 0.717) is 26.2 Å². The van der Waals surface area contributed by atoms with Crippen LogP contribution in [-0.4, -0.2) is 54.0 Å². The van der Waals surface area contributed by atoms with Crippen molar-refractivity contribution in [1.82, 2.24) is 0 Å². The zero-order chi connectivity index (χ0) is 28.3. The average molecular weight is 551 g/mol. The van der Waals surface area contributed by atoms with E-state index >= 15 is 0 Å². The van der Waals surface area contributed by atoms with Gasteiger partial charge >= 0.3 is 0 Å². The molecular weight excluding hydrogens is 496 g/mol. The third-order valence-corrected chi connectivity index (χ3v) is 18.2. The molecule has 1 saturated carbocycles. The Kier molecular flexibility index (Phi) is 10.6. The SMILES string of the molecule is C=C1[C@@H](CO[Si](C)(C)C(C)(C)C)[C@](C)(COCOCc2ccccc2)[C@@H](O[Si](C)(C)C(C)(C)C)C[C@@H]1O. The van der Waals surface area contributed by atoms with E-state index in [9.17, 15) is 5.11 Å². The summed E-state index contributed by atoms with van der Waals surface area (Å²) in [7, 11) is -4.11. The highest BCUT2D eigenvalue weighted by molar-refractivity contribution is 6.74. The number of aliphatic hydroxyl groups excluding tert-OH is 1. The van der Waals surface area contributed by atoms with Crippen LogP contribution < -0.4 is 0 Å². The van der Waals surface area contributed by atoms with Crippen LogP contribution in [0.15, 0.2) is 42.5 Å². The van der Waals surface area contributed by atoms with Gasteiger partial charge in [-0.15, -0.1) is 0 Å². The quantitative estimate of drug-likeness (QED) is 0.134. The zero-order valence-corrected chi connectivity index (χ0v) is 27.4. The Morgan fingerprint density at radius 2 is 1.51 bits per heavy atom. The standard InChI is InChI=1S/C30H54O5Si2/c1-23-25(20-34-36(9,10)28(2,3)4)30(8,21-33-22-32-19-24-16-14-13-15-17-24)27(18-26(23)31)35-37(11,12)29(5,6)7/h13-17,25-27,31H,1,18-22H2,2-12H3/t25-,26+,27+,30+/m1/s1. The van der Waals surface area contributed by atoms with E-state index in [0.717, 1.165) is 11.1 Å². The molecule has 212 valence electrons. The van der Waals surface area contributed by atoms with Crippen molar-refractivity contribution in [2.24, 2.45) is 11.3 Å². The summed E-state index contributed by atoms with van der Waals surface area (Å²) in [6.45, 7) is 30.8. The summed E-state index contributed by atoms with van der Waals surface area (Å²) in [6.07, 6.45) is -0.270. The Morgan fingerprint density at radius 1 is 0.946 bits per heavy atom. The van der Waals surface area contributed by atoms with Gasteiger partial charge in [0.25, 0.3) is 0 Å². The molecule has 2 rings (SSSR count). The van der Waals surface area contributed by atoms with Crippen LogP contribution in [0.25, 0.3) is 0 Å². The third-order valence-electron chi connectivity index (χ3n) is 9.20. The van der Waals surface area contributed by atoms with E-state index < -0.39 is 28.2 Å². The molecule has 5 nitrogen and oxygen atoms in total. The van der Waals surface area contributed by atoms with Gasteiger partial charge in [0.2, 0.25) is 0 Å². The van der Waals surface area contributed by atoms with Gasteiger partial charge in [-0.05, 0) is 47.4 Å². The molecular formula is C30H54O5Si2. The topological polar surface area (TPSA) is 57.2 Å². The highest BCUT2D eigenvalue weighted by Crippen LogP contribution is 2.50. The maximum atomic E-state index is 11.1. The van der Waals surface area contributed by atoms with Crippen LogP contribution in [0.1, 0.15) is 60.5 Å². The predicted molar refractivity (Wildman–Crippen MR) is 159 cm³/mol. The van der Waals surface area contributed by atoms with Crippen molar-refractivity contribution in [2.75, 3.05) is 20.0 Å². The van der Waals surface area contributed by atoms with Crippen LogP contribution in [0.3, 0.4) is 0 Å². The molecule has 0 bridgehead atoms. The first kappa shape index (κ1) is 32.4. The minimum Gasteiger partial charge on any atom is -0.416 e. The van der Waals surface area contributed by atoms with E-state index in [1.807, 2.05) is 30.3 Å². The number of benzene rings is 1. The number of rotatable bonds is 11. The Balaban J connectivity index is 2.27. The molecule has 0 unspecified atom stereocenters. The van der Waals surface area contributed by atoms with Crippen molar-refractivity contribution in [2.45, 2.75) is 110 Å². The van der Waals surface area contributed by atoms with E-state index in [-0.39, 0.29) is 28.9 Å². The molecule has 4 atom stereocenters. The molecule has 7 heteroatoms. The van der Waals surface area contributed by atoms with Crippen LogP contribution in [0.2, 0.25) is 36.3 Å². The largest absolute Gasteiger partial charge is 0.416 e. The van der Waals surface area contributed by atoms with Gasteiger partial charge in [0, 0.05) is 24.4 Å². The summed E-state index contributed by atoms with van der Waals surface area (Å²) in [5.74, 6) is -0.0886. The fourth-order valence-electron chi connectivity index (χ4n) is 4.27. The first-order chi connectivity index (χ1) is 16.8. The molecule has 0 saturated heterocycles. The molecule has 0 amide bonds. The highest BCUT2D eigenvalue weighted by Gasteiger charge is 2.53. The molecule has 1 aliphatic carbocycles. The molecule has 0 radical (unpaired) electrons. The molecule has 0 aromatic heterocycles. The van der Waals surface area contributed by atoms with Crippen molar-refractivity contribution >= 4 is 16.6 Å². The summed E-state index contributed by atoms with van der Waals surface area (Å²) < 4.78 is 25.7. The van der Waals surface area contributed by atoms with Crippen LogP contribution in [0, 0.1) is 11.3 Å². The second kappa shape index (κ2) is 12.2. The second-order valence-corrected chi connectivity index (χ2v) is 23.7. The van der Waals surface area contributed by atoms with E-state index in [2.05, 4.69) is 81.2 Å². The van der Waals surface area contributed by atoms with Gasteiger partial charge in [-0.1, -0.05) is 85.4 Å². The number of aliphatic hydroxyl groups is 1. The molecule has 1 aliphatic rings. The van der Waals surface area contributed by atoms with Gasteiger partial charge in [-0.3, -0.25) is 0 Å². The highest BCUT2D eigenvalue weighted by atomic mass is 28.4. The number of hydrogen-bond donors (Lipinski definition) is 1. The maximum absolute atomic E-state index is 11.1. The summed E-state index contributed by atoms with van der Waals surface area (Å²) in [5.41, 5.74) is 1.53. The Bertz CT molecular complexity index is 872. The van der Waals surface area contributed by atoms with Gasteiger partial charge in [-0.2, -0.15) is 0 Å². The van der Waals surface area contributed by atoms with Crippen molar-refractivity contribution in [3.05, 3.63) is 48.0 Å². The molecule has 0 heterocycles. The van der Waals surface area contributed by atoms with Crippen molar-refractivity contribution in [3.8, 4) is 0 Å². The average Bonchev–Trinajstić information content (AvgIpc) is 2.76. The number of hydrogen-bond acceptors (Lipinski definition) is 5. The van der Waals surface area contributed by atoms with E-state index in [4.69, 9.17) is 18.3 Å². The smallest absolute Gasteiger partial charge is 0.192 e. The second-order valence-electron chi connectivity index (χ2n) is 14.1. The fraction of sp³-hybridized carbons (Fsp3) is 0.733. The van der Waals surface area contributed by atoms with Crippen molar-refractivity contribution < 1.29 is 23.4 Å². The molecule has 1 N–H and O–H groups in total. The first-order valence-electron chi connectivity index (χ1n) is 13.7. The first-order valence-corrected chi connectivity index (χ1v) is 19.5. The van der Waals surface area contributed by atoms with Crippen LogP contribution in [0.5, 0.6) is 0 Å². The Labute approximate surface area is 229 Å². The monoisotopic (exact) mass is 550 g/mol. The molecule has 1 fully saturated rings. The lowest BCUT2D eigenvalue weighted by atomic mass is 9.63. The van der Waals surface area contributed by atoms with Gasteiger partial charge in [0.15, 0.2) is 16.6 Å².